The van der Waals surface area contributed by atoms with Crippen molar-refractivity contribution in [3.8, 4) is 11.4 Å². The maximum atomic E-state index is 13.2. The van der Waals surface area contributed by atoms with Crippen LogP contribution in [0.15, 0.2) is 28.9 Å². The molecule has 5 heteroatoms. The molecule has 0 aliphatic heterocycles. The Bertz CT molecular complexity index is 537. The van der Waals surface area contributed by atoms with Gasteiger partial charge in [-0.15, -0.1) is 0 Å². The summed E-state index contributed by atoms with van der Waals surface area (Å²) in [6, 6.07) is 6.44. The zero-order chi connectivity index (χ0) is 12.4. The molecule has 90 valence electrons. The number of aromatic nitrogens is 2. The van der Waals surface area contributed by atoms with Crippen molar-refractivity contribution in [2.75, 3.05) is 7.05 Å². The minimum Gasteiger partial charge on any atom is -0.322 e. The number of nitrogens with zero attached hydrogens (tertiary/aromatic N) is 2. The Morgan fingerprint density at radius 2 is 2.24 bits per heavy atom. The minimum atomic E-state index is -0.253. The van der Waals surface area contributed by atoms with Crippen molar-refractivity contribution in [3.05, 3.63) is 40.4 Å². The Morgan fingerprint density at radius 1 is 1.47 bits per heavy atom. The topological polar surface area (TPSA) is 29.9 Å². The fraction of sp³-hybridized carbons (Fsp3) is 0.250. The molecule has 3 nitrogen and oxygen atoms in total. The first-order valence-corrected chi connectivity index (χ1v) is 6.04. The van der Waals surface area contributed by atoms with Gasteiger partial charge in [0, 0.05) is 19.2 Å². The Labute approximate surface area is 108 Å². The largest absolute Gasteiger partial charge is 0.322 e. The van der Waals surface area contributed by atoms with Gasteiger partial charge in [-0.25, -0.2) is 9.37 Å². The van der Waals surface area contributed by atoms with E-state index in [-0.39, 0.29) is 5.82 Å². The summed E-state index contributed by atoms with van der Waals surface area (Å²) in [5.41, 5.74) is 1.69. The van der Waals surface area contributed by atoms with Crippen LogP contribution in [0, 0.1) is 5.82 Å². The second kappa shape index (κ2) is 4.98. The van der Waals surface area contributed by atoms with Crippen LogP contribution in [-0.2, 0) is 13.6 Å². The monoisotopic (exact) mass is 297 g/mol. The van der Waals surface area contributed by atoms with Gasteiger partial charge in [-0.05, 0) is 35.1 Å². The van der Waals surface area contributed by atoms with Gasteiger partial charge in [0.1, 0.15) is 16.2 Å². The molecule has 1 N–H and O–H groups in total. The molecule has 0 fully saturated rings. The molecule has 0 amide bonds. The molecule has 1 aromatic carbocycles. The Balaban J connectivity index is 2.49. The summed E-state index contributed by atoms with van der Waals surface area (Å²) in [5, 5.41) is 3.05. The lowest BCUT2D eigenvalue weighted by Crippen LogP contribution is -2.05. The molecule has 0 spiro atoms. The van der Waals surface area contributed by atoms with E-state index in [9.17, 15) is 4.39 Å². The van der Waals surface area contributed by atoms with E-state index in [2.05, 4.69) is 26.2 Å². The molecular formula is C12H13BrFN3. The smallest absolute Gasteiger partial charge is 0.141 e. The fourth-order valence-electron chi connectivity index (χ4n) is 1.70. The summed E-state index contributed by atoms with van der Waals surface area (Å²) >= 11 is 3.48. The summed E-state index contributed by atoms with van der Waals surface area (Å²) in [5.74, 6) is 0.499. The van der Waals surface area contributed by atoms with Crippen LogP contribution in [-0.4, -0.2) is 16.6 Å². The van der Waals surface area contributed by atoms with E-state index >= 15 is 0 Å². The third-order valence-corrected chi connectivity index (χ3v) is 3.51. The van der Waals surface area contributed by atoms with E-state index in [4.69, 9.17) is 0 Å². The van der Waals surface area contributed by atoms with Crippen LogP contribution < -0.4 is 5.32 Å². The maximum absolute atomic E-state index is 13.2. The molecule has 0 unspecified atom stereocenters. The van der Waals surface area contributed by atoms with Gasteiger partial charge < -0.3 is 9.88 Å². The van der Waals surface area contributed by atoms with Gasteiger partial charge in [0.05, 0.1) is 5.69 Å². The number of halogens is 2. The minimum absolute atomic E-state index is 0.253. The Kier molecular flexibility index (Phi) is 3.59. The first-order chi connectivity index (χ1) is 8.13. The lowest BCUT2D eigenvalue weighted by Gasteiger charge is -2.02. The SMILES string of the molecule is CNCc1nc(-c2cccc(F)c2)n(C)c1Br. The van der Waals surface area contributed by atoms with E-state index in [1.165, 1.54) is 12.1 Å². The highest BCUT2D eigenvalue weighted by Gasteiger charge is 2.13. The fourth-order valence-corrected chi connectivity index (χ4v) is 2.10. The number of rotatable bonds is 3. The number of hydrogen-bond donors (Lipinski definition) is 1. The molecule has 0 aliphatic rings. The maximum Gasteiger partial charge on any atom is 0.141 e. The molecule has 2 aromatic rings. The van der Waals surface area contributed by atoms with Crippen molar-refractivity contribution in [2.24, 2.45) is 7.05 Å². The highest BCUT2D eigenvalue weighted by Crippen LogP contribution is 2.25. The Hall–Kier alpha value is -1.20. The van der Waals surface area contributed by atoms with Crippen LogP contribution in [0.4, 0.5) is 4.39 Å². The standard InChI is InChI=1S/C12H13BrFN3/c1-15-7-10-11(13)17(2)12(16-10)8-4-3-5-9(14)6-8/h3-6,15H,7H2,1-2H3. The summed E-state index contributed by atoms with van der Waals surface area (Å²) < 4.78 is 16.0. The van der Waals surface area contributed by atoms with E-state index in [0.29, 0.717) is 6.54 Å². The molecule has 0 saturated heterocycles. The quantitative estimate of drug-likeness (QED) is 0.944. The molecule has 0 saturated carbocycles. The number of nitrogens with one attached hydrogen (secondary N) is 1. The van der Waals surface area contributed by atoms with Gasteiger partial charge in [0.15, 0.2) is 0 Å². The molecule has 1 heterocycles. The molecular weight excluding hydrogens is 285 g/mol. The molecule has 1 aromatic heterocycles. The first-order valence-electron chi connectivity index (χ1n) is 5.25. The van der Waals surface area contributed by atoms with Crippen molar-refractivity contribution < 1.29 is 4.39 Å². The number of hydrogen-bond acceptors (Lipinski definition) is 2. The first kappa shape index (κ1) is 12.3. The zero-order valence-corrected chi connectivity index (χ0v) is 11.3. The van der Waals surface area contributed by atoms with E-state index in [0.717, 1.165) is 21.7 Å². The van der Waals surface area contributed by atoms with Crippen LogP contribution >= 0.6 is 15.9 Å². The van der Waals surface area contributed by atoms with E-state index < -0.39 is 0 Å². The summed E-state index contributed by atoms with van der Waals surface area (Å²) in [7, 11) is 3.76. The van der Waals surface area contributed by atoms with Crippen LogP contribution in [0.2, 0.25) is 0 Å². The molecule has 2 rings (SSSR count). The lowest BCUT2D eigenvalue weighted by molar-refractivity contribution is 0.628. The van der Waals surface area contributed by atoms with Crippen molar-refractivity contribution in [1.82, 2.24) is 14.9 Å². The predicted octanol–water partition coefficient (Wildman–Crippen LogP) is 2.71. The van der Waals surface area contributed by atoms with Crippen molar-refractivity contribution in [2.45, 2.75) is 6.54 Å². The second-order valence-electron chi connectivity index (χ2n) is 3.77. The number of benzene rings is 1. The second-order valence-corrected chi connectivity index (χ2v) is 4.52. The molecule has 0 atom stereocenters. The Morgan fingerprint density at radius 3 is 2.88 bits per heavy atom. The predicted molar refractivity (Wildman–Crippen MR) is 69.1 cm³/mol. The zero-order valence-electron chi connectivity index (χ0n) is 9.67. The average molecular weight is 298 g/mol. The highest BCUT2D eigenvalue weighted by atomic mass is 79.9. The molecule has 0 bridgehead atoms. The average Bonchev–Trinajstić information content (AvgIpc) is 2.58. The van der Waals surface area contributed by atoms with Gasteiger partial charge in [0.25, 0.3) is 0 Å². The van der Waals surface area contributed by atoms with Crippen molar-refractivity contribution in [3.63, 3.8) is 0 Å². The highest BCUT2D eigenvalue weighted by molar-refractivity contribution is 9.10. The van der Waals surface area contributed by atoms with Gasteiger partial charge in [-0.2, -0.15) is 0 Å². The third-order valence-electron chi connectivity index (χ3n) is 2.52. The van der Waals surface area contributed by atoms with Crippen LogP contribution in [0.3, 0.4) is 0 Å². The third kappa shape index (κ3) is 2.40. The molecule has 0 radical (unpaired) electrons. The summed E-state index contributed by atoms with van der Waals surface area (Å²) in [6.07, 6.45) is 0. The van der Waals surface area contributed by atoms with Gasteiger partial charge in [-0.1, -0.05) is 12.1 Å². The van der Waals surface area contributed by atoms with Crippen molar-refractivity contribution >= 4 is 15.9 Å². The van der Waals surface area contributed by atoms with Gasteiger partial charge in [0.2, 0.25) is 0 Å². The molecule has 17 heavy (non-hydrogen) atoms. The van der Waals surface area contributed by atoms with Crippen LogP contribution in [0.1, 0.15) is 5.69 Å². The normalized spacial score (nSPS) is 10.8. The van der Waals surface area contributed by atoms with Crippen molar-refractivity contribution in [1.29, 1.82) is 0 Å². The van der Waals surface area contributed by atoms with E-state index in [1.807, 2.05) is 24.7 Å². The molecule has 0 aliphatic carbocycles. The van der Waals surface area contributed by atoms with Crippen LogP contribution in [0.25, 0.3) is 11.4 Å². The van der Waals surface area contributed by atoms with Gasteiger partial charge >= 0.3 is 0 Å². The van der Waals surface area contributed by atoms with Gasteiger partial charge in [-0.3, -0.25) is 0 Å². The van der Waals surface area contributed by atoms with E-state index in [1.54, 1.807) is 6.07 Å². The lowest BCUT2D eigenvalue weighted by atomic mass is 10.2. The summed E-state index contributed by atoms with van der Waals surface area (Å²) in [4.78, 5) is 4.50. The number of imidazole rings is 1. The summed E-state index contributed by atoms with van der Waals surface area (Å²) in [6.45, 7) is 0.670. The van der Waals surface area contributed by atoms with Crippen LogP contribution in [0.5, 0.6) is 0 Å².